The number of likely N-dealkylation sites (tertiary alicyclic amines) is 1. The third kappa shape index (κ3) is 4.97. The number of piperidine rings is 1. The molecule has 1 rings (SSSR count). The normalized spacial score (nSPS) is 18.4. The Morgan fingerprint density at radius 2 is 1.68 bits per heavy atom. The molecule has 0 aromatic carbocycles. The fourth-order valence-corrected chi connectivity index (χ4v) is 2.82. The standard InChI is InChI=1S/C17H33N3O2/c1-6-12(7-2)16(22)20-10-8-13(9-11-20)19-15(21)14(18)17(3,4)5/h12-14H,6-11,18H2,1-5H3,(H,19,21)/t14-/m1/s1. The van der Waals surface area contributed by atoms with E-state index in [-0.39, 0.29) is 29.2 Å². The van der Waals surface area contributed by atoms with Crippen molar-refractivity contribution in [1.82, 2.24) is 10.2 Å². The molecule has 5 nitrogen and oxygen atoms in total. The van der Waals surface area contributed by atoms with Gasteiger partial charge in [0.25, 0.3) is 0 Å². The summed E-state index contributed by atoms with van der Waals surface area (Å²) >= 11 is 0. The number of carbonyl (C=O) groups is 2. The number of amides is 2. The highest BCUT2D eigenvalue weighted by Crippen LogP contribution is 2.20. The summed E-state index contributed by atoms with van der Waals surface area (Å²) < 4.78 is 0. The summed E-state index contributed by atoms with van der Waals surface area (Å²) in [5.74, 6) is 0.318. The van der Waals surface area contributed by atoms with Gasteiger partial charge in [-0.15, -0.1) is 0 Å². The number of carbonyl (C=O) groups excluding carboxylic acids is 2. The zero-order valence-corrected chi connectivity index (χ0v) is 14.8. The van der Waals surface area contributed by atoms with Gasteiger partial charge in [-0.1, -0.05) is 34.6 Å². The second-order valence-corrected chi connectivity index (χ2v) is 7.47. The van der Waals surface area contributed by atoms with Crippen LogP contribution in [0.25, 0.3) is 0 Å². The lowest BCUT2D eigenvalue weighted by Crippen LogP contribution is -2.54. The van der Waals surface area contributed by atoms with Gasteiger partial charge in [0.05, 0.1) is 6.04 Å². The first-order valence-corrected chi connectivity index (χ1v) is 8.55. The summed E-state index contributed by atoms with van der Waals surface area (Å²) in [4.78, 5) is 26.5. The quantitative estimate of drug-likeness (QED) is 0.814. The number of nitrogens with zero attached hydrogens (tertiary/aromatic N) is 1. The van der Waals surface area contributed by atoms with Crippen molar-refractivity contribution in [2.75, 3.05) is 13.1 Å². The highest BCUT2D eigenvalue weighted by Gasteiger charge is 2.31. The molecule has 5 heteroatoms. The molecule has 0 aromatic rings. The maximum atomic E-state index is 12.3. The molecule has 0 radical (unpaired) electrons. The third-order valence-corrected chi connectivity index (χ3v) is 4.70. The maximum absolute atomic E-state index is 12.3. The molecule has 3 N–H and O–H groups in total. The topological polar surface area (TPSA) is 75.4 Å². The van der Waals surface area contributed by atoms with E-state index < -0.39 is 6.04 Å². The number of hydrogen-bond donors (Lipinski definition) is 2. The first-order valence-electron chi connectivity index (χ1n) is 8.55. The van der Waals surface area contributed by atoms with Crippen LogP contribution in [0, 0.1) is 11.3 Å². The molecule has 0 bridgehead atoms. The highest BCUT2D eigenvalue weighted by atomic mass is 16.2. The number of hydrogen-bond acceptors (Lipinski definition) is 3. The number of nitrogens with one attached hydrogen (secondary N) is 1. The summed E-state index contributed by atoms with van der Waals surface area (Å²) in [5, 5.41) is 3.04. The first kappa shape index (κ1) is 18.9. The molecule has 1 fully saturated rings. The number of nitrogens with two attached hydrogens (primary N) is 1. The van der Waals surface area contributed by atoms with Crippen molar-refractivity contribution in [3.8, 4) is 0 Å². The van der Waals surface area contributed by atoms with Gasteiger partial charge < -0.3 is 16.0 Å². The molecule has 0 saturated carbocycles. The van der Waals surface area contributed by atoms with E-state index in [1.54, 1.807) is 0 Å². The number of rotatable bonds is 5. The van der Waals surface area contributed by atoms with Gasteiger partial charge in [-0.3, -0.25) is 9.59 Å². The molecule has 2 amide bonds. The van der Waals surface area contributed by atoms with E-state index in [0.717, 1.165) is 38.8 Å². The van der Waals surface area contributed by atoms with Gasteiger partial charge in [0.15, 0.2) is 0 Å². The van der Waals surface area contributed by atoms with Gasteiger partial charge in [0.1, 0.15) is 0 Å². The fraction of sp³-hybridized carbons (Fsp3) is 0.882. The Morgan fingerprint density at radius 1 is 1.18 bits per heavy atom. The van der Waals surface area contributed by atoms with Crippen molar-refractivity contribution in [1.29, 1.82) is 0 Å². The molecule has 1 heterocycles. The predicted molar refractivity (Wildman–Crippen MR) is 89.2 cm³/mol. The zero-order valence-electron chi connectivity index (χ0n) is 14.8. The zero-order chi connectivity index (χ0) is 16.9. The van der Waals surface area contributed by atoms with Crippen LogP contribution in [-0.2, 0) is 9.59 Å². The Bertz CT molecular complexity index is 378. The average molecular weight is 311 g/mol. The minimum atomic E-state index is -0.503. The molecule has 0 aromatic heterocycles. The van der Waals surface area contributed by atoms with Crippen LogP contribution in [0.4, 0.5) is 0 Å². The minimum absolute atomic E-state index is 0.0859. The monoisotopic (exact) mass is 311 g/mol. The summed E-state index contributed by atoms with van der Waals surface area (Å²) in [6, 6.07) is -0.372. The Morgan fingerprint density at radius 3 is 2.09 bits per heavy atom. The predicted octanol–water partition coefficient (Wildman–Crippen LogP) is 1.90. The van der Waals surface area contributed by atoms with Crippen LogP contribution >= 0.6 is 0 Å². The molecule has 1 aliphatic heterocycles. The lowest BCUT2D eigenvalue weighted by Gasteiger charge is -2.35. The molecule has 0 spiro atoms. The van der Waals surface area contributed by atoms with E-state index in [9.17, 15) is 9.59 Å². The third-order valence-electron chi connectivity index (χ3n) is 4.70. The lowest BCUT2D eigenvalue weighted by atomic mass is 9.86. The molecular weight excluding hydrogens is 278 g/mol. The van der Waals surface area contributed by atoms with E-state index in [2.05, 4.69) is 19.2 Å². The molecule has 0 aliphatic carbocycles. The van der Waals surface area contributed by atoms with Crippen LogP contribution in [0.15, 0.2) is 0 Å². The summed E-state index contributed by atoms with van der Waals surface area (Å²) in [7, 11) is 0. The molecule has 1 aliphatic rings. The van der Waals surface area contributed by atoms with Crippen LogP contribution in [0.5, 0.6) is 0 Å². The summed E-state index contributed by atoms with van der Waals surface area (Å²) in [5.41, 5.74) is 5.75. The van der Waals surface area contributed by atoms with E-state index in [4.69, 9.17) is 5.73 Å². The van der Waals surface area contributed by atoms with E-state index >= 15 is 0 Å². The first-order chi connectivity index (χ1) is 10.2. The van der Waals surface area contributed by atoms with Crippen molar-refractivity contribution in [3.05, 3.63) is 0 Å². The minimum Gasteiger partial charge on any atom is -0.352 e. The molecular formula is C17H33N3O2. The van der Waals surface area contributed by atoms with Gasteiger partial charge in [-0.25, -0.2) is 0 Å². The van der Waals surface area contributed by atoms with Crippen LogP contribution in [0.1, 0.15) is 60.3 Å². The van der Waals surface area contributed by atoms with Crippen molar-refractivity contribution < 1.29 is 9.59 Å². The van der Waals surface area contributed by atoms with Crippen LogP contribution in [-0.4, -0.2) is 41.9 Å². The van der Waals surface area contributed by atoms with Gasteiger partial charge >= 0.3 is 0 Å². The molecule has 0 unspecified atom stereocenters. The lowest BCUT2D eigenvalue weighted by molar-refractivity contribution is -0.137. The van der Waals surface area contributed by atoms with Crippen LogP contribution in [0.3, 0.4) is 0 Å². The Balaban J connectivity index is 2.46. The van der Waals surface area contributed by atoms with Gasteiger partial charge in [0.2, 0.25) is 11.8 Å². The smallest absolute Gasteiger partial charge is 0.237 e. The van der Waals surface area contributed by atoms with Crippen molar-refractivity contribution in [3.63, 3.8) is 0 Å². The Kier molecular flexibility index (Phi) is 6.85. The van der Waals surface area contributed by atoms with Gasteiger partial charge in [0, 0.05) is 25.0 Å². The average Bonchev–Trinajstić information content (AvgIpc) is 2.47. The SMILES string of the molecule is CCC(CC)C(=O)N1CCC(NC(=O)[C@@H](N)C(C)(C)C)CC1. The van der Waals surface area contributed by atoms with Crippen molar-refractivity contribution in [2.24, 2.45) is 17.1 Å². The second-order valence-electron chi connectivity index (χ2n) is 7.47. The molecule has 1 atom stereocenters. The van der Waals surface area contributed by atoms with Crippen molar-refractivity contribution in [2.45, 2.75) is 72.4 Å². The molecule has 128 valence electrons. The van der Waals surface area contributed by atoms with Crippen molar-refractivity contribution >= 4 is 11.8 Å². The molecule has 22 heavy (non-hydrogen) atoms. The largest absolute Gasteiger partial charge is 0.352 e. The van der Waals surface area contributed by atoms with E-state index in [0.29, 0.717) is 0 Å². The summed E-state index contributed by atoms with van der Waals surface area (Å²) in [6.45, 7) is 11.5. The van der Waals surface area contributed by atoms with Gasteiger partial charge in [-0.05, 0) is 31.1 Å². The summed E-state index contributed by atoms with van der Waals surface area (Å²) in [6.07, 6.45) is 3.42. The second kappa shape index (κ2) is 7.95. The fourth-order valence-electron chi connectivity index (χ4n) is 2.82. The van der Waals surface area contributed by atoms with Crippen LogP contribution < -0.4 is 11.1 Å². The maximum Gasteiger partial charge on any atom is 0.237 e. The Hall–Kier alpha value is -1.10. The molecule has 1 saturated heterocycles. The van der Waals surface area contributed by atoms with E-state index in [1.165, 1.54) is 0 Å². The highest BCUT2D eigenvalue weighted by molar-refractivity contribution is 5.82. The van der Waals surface area contributed by atoms with Crippen LogP contribution in [0.2, 0.25) is 0 Å². The van der Waals surface area contributed by atoms with Gasteiger partial charge in [-0.2, -0.15) is 0 Å². The van der Waals surface area contributed by atoms with E-state index in [1.807, 2.05) is 25.7 Å². The Labute approximate surface area is 135 Å².